The van der Waals surface area contributed by atoms with E-state index in [1.807, 2.05) is 23.8 Å². The minimum absolute atomic E-state index is 0.208. The molecule has 4 N–H and O–H groups in total. The van der Waals surface area contributed by atoms with Gasteiger partial charge in [0.15, 0.2) is 0 Å². The fourth-order valence-electron chi connectivity index (χ4n) is 3.73. The Balaban J connectivity index is 1.63. The number of nitrogens with two attached hydrogens (primary N) is 1. The van der Waals surface area contributed by atoms with Crippen LogP contribution in [0.5, 0.6) is 5.75 Å². The molecule has 7 nitrogen and oxygen atoms in total. The summed E-state index contributed by atoms with van der Waals surface area (Å²) in [5, 5.41) is 22.9. The number of nitrogens with zero attached hydrogens (tertiary/aromatic N) is 3. The van der Waals surface area contributed by atoms with E-state index in [0.717, 1.165) is 11.1 Å². The summed E-state index contributed by atoms with van der Waals surface area (Å²) in [4.78, 5) is 8.52. The van der Waals surface area contributed by atoms with Gasteiger partial charge in [-0.05, 0) is 19.1 Å². The van der Waals surface area contributed by atoms with Crippen LogP contribution < -0.4 is 10.5 Å². The highest BCUT2D eigenvalue weighted by Gasteiger charge is 2.44. The average molecular weight is 423 g/mol. The number of rotatable bonds is 4. The molecule has 2 aromatic heterocycles. The first-order chi connectivity index (χ1) is 13.4. The van der Waals surface area contributed by atoms with Crippen LogP contribution >= 0.6 is 23.2 Å². The van der Waals surface area contributed by atoms with Crippen molar-refractivity contribution >= 4 is 34.2 Å². The maximum Gasteiger partial charge on any atom is 0.143 e. The fourth-order valence-corrected chi connectivity index (χ4v) is 4.07. The molecule has 0 spiro atoms. The van der Waals surface area contributed by atoms with E-state index in [-0.39, 0.29) is 6.54 Å². The first kappa shape index (κ1) is 19.4. The summed E-state index contributed by atoms with van der Waals surface area (Å²) in [5.74, 6) is 0.448. The zero-order valence-electron chi connectivity index (χ0n) is 15.1. The molecule has 0 bridgehead atoms. The van der Waals surface area contributed by atoms with Gasteiger partial charge in [0.25, 0.3) is 0 Å². The molecule has 0 saturated heterocycles. The number of halogens is 2. The number of aliphatic hydroxyl groups is 2. The molecule has 1 fully saturated rings. The monoisotopic (exact) mass is 422 g/mol. The molecule has 4 atom stereocenters. The molecule has 4 rings (SSSR count). The second-order valence-corrected chi connectivity index (χ2v) is 7.75. The molecule has 2 heterocycles. The predicted octanol–water partition coefficient (Wildman–Crippen LogP) is 2.62. The Morgan fingerprint density at radius 2 is 1.96 bits per heavy atom. The van der Waals surface area contributed by atoms with Crippen molar-refractivity contribution in [2.75, 3.05) is 0 Å². The molecule has 1 aliphatic carbocycles. The summed E-state index contributed by atoms with van der Waals surface area (Å²) in [5.41, 5.74) is 8.01. The van der Waals surface area contributed by atoms with Crippen molar-refractivity contribution in [3.8, 4) is 5.75 Å². The second kappa shape index (κ2) is 7.50. The van der Waals surface area contributed by atoms with Crippen molar-refractivity contribution in [2.24, 2.45) is 5.73 Å². The van der Waals surface area contributed by atoms with Gasteiger partial charge in [-0.1, -0.05) is 23.2 Å². The first-order valence-electron chi connectivity index (χ1n) is 8.89. The topological polar surface area (TPSA) is 106 Å². The summed E-state index contributed by atoms with van der Waals surface area (Å²) < 4.78 is 7.86. The summed E-state index contributed by atoms with van der Waals surface area (Å²) in [6.45, 7) is 2.11. The van der Waals surface area contributed by atoms with Crippen molar-refractivity contribution < 1.29 is 14.9 Å². The standard InChI is InChI=1S/C19H20Cl2N4O3/c1-9-11-2-3-25(19(11)24-8-23-9)14-6-16(18(27)17(14)26)28-15-5-13(21)12(20)4-10(15)7-22/h2-5,8,14,16-18,26-27H,6-7,22H2,1H3/t14?,16?,17-,18+/m0/s1. The molecule has 1 aromatic carbocycles. The highest BCUT2D eigenvalue weighted by molar-refractivity contribution is 6.42. The van der Waals surface area contributed by atoms with E-state index >= 15 is 0 Å². The van der Waals surface area contributed by atoms with Gasteiger partial charge in [0.1, 0.15) is 36.0 Å². The van der Waals surface area contributed by atoms with E-state index < -0.39 is 24.4 Å². The number of hydrogen-bond acceptors (Lipinski definition) is 6. The Kier molecular flexibility index (Phi) is 5.20. The normalized spacial score (nSPS) is 24.8. The molecule has 28 heavy (non-hydrogen) atoms. The smallest absolute Gasteiger partial charge is 0.143 e. The third-order valence-corrected chi connectivity index (χ3v) is 5.99. The second-order valence-electron chi connectivity index (χ2n) is 6.94. The Bertz CT molecular complexity index is 1030. The van der Waals surface area contributed by atoms with Gasteiger partial charge < -0.3 is 25.3 Å². The predicted molar refractivity (Wildman–Crippen MR) is 107 cm³/mol. The molecule has 0 aliphatic heterocycles. The highest BCUT2D eigenvalue weighted by atomic mass is 35.5. The number of benzene rings is 1. The van der Waals surface area contributed by atoms with Gasteiger partial charge in [-0.15, -0.1) is 0 Å². The van der Waals surface area contributed by atoms with Gasteiger partial charge in [0, 0.05) is 36.2 Å². The zero-order chi connectivity index (χ0) is 20.0. The lowest BCUT2D eigenvalue weighted by molar-refractivity contribution is -0.0165. The fraction of sp³-hybridized carbons (Fsp3) is 0.368. The molecular formula is C19H20Cl2N4O3. The first-order valence-corrected chi connectivity index (χ1v) is 9.65. The molecular weight excluding hydrogens is 403 g/mol. The number of aromatic nitrogens is 3. The minimum atomic E-state index is -1.08. The Labute approximate surface area is 171 Å². The number of ether oxygens (including phenoxy) is 1. The van der Waals surface area contributed by atoms with E-state index in [9.17, 15) is 10.2 Å². The minimum Gasteiger partial charge on any atom is -0.487 e. The van der Waals surface area contributed by atoms with Crippen molar-refractivity contribution in [1.82, 2.24) is 14.5 Å². The van der Waals surface area contributed by atoms with Crippen LogP contribution in [0.3, 0.4) is 0 Å². The molecule has 0 radical (unpaired) electrons. The van der Waals surface area contributed by atoms with Gasteiger partial charge in [0.2, 0.25) is 0 Å². The van der Waals surface area contributed by atoms with E-state index in [0.29, 0.717) is 33.4 Å². The summed E-state index contributed by atoms with van der Waals surface area (Å²) in [6.07, 6.45) is 0.996. The van der Waals surface area contributed by atoms with E-state index in [1.54, 1.807) is 12.1 Å². The Hall–Kier alpha value is -1.90. The molecule has 2 unspecified atom stereocenters. The molecule has 1 aliphatic rings. The van der Waals surface area contributed by atoms with E-state index in [1.165, 1.54) is 6.33 Å². The average Bonchev–Trinajstić information content (AvgIpc) is 3.22. The zero-order valence-corrected chi connectivity index (χ0v) is 16.6. The van der Waals surface area contributed by atoms with Gasteiger partial charge in [0.05, 0.1) is 21.8 Å². The van der Waals surface area contributed by atoms with Crippen molar-refractivity contribution in [2.45, 2.75) is 44.2 Å². The number of aryl methyl sites for hydroxylation is 1. The van der Waals surface area contributed by atoms with Crippen LogP contribution in [0.1, 0.15) is 23.7 Å². The maximum atomic E-state index is 10.7. The Morgan fingerprint density at radius 3 is 2.71 bits per heavy atom. The lowest BCUT2D eigenvalue weighted by Gasteiger charge is -2.20. The molecule has 9 heteroatoms. The number of fused-ring (bicyclic) bond motifs is 1. The third kappa shape index (κ3) is 3.23. The largest absolute Gasteiger partial charge is 0.487 e. The van der Waals surface area contributed by atoms with Crippen LogP contribution in [0.15, 0.2) is 30.7 Å². The van der Waals surface area contributed by atoms with E-state index in [4.69, 9.17) is 33.7 Å². The van der Waals surface area contributed by atoms with Crippen LogP contribution in [0.2, 0.25) is 10.0 Å². The van der Waals surface area contributed by atoms with Crippen LogP contribution in [0.4, 0.5) is 0 Å². The molecule has 148 valence electrons. The van der Waals surface area contributed by atoms with Crippen molar-refractivity contribution in [3.05, 3.63) is 52.0 Å². The van der Waals surface area contributed by atoms with Crippen molar-refractivity contribution in [3.63, 3.8) is 0 Å². The summed E-state index contributed by atoms with van der Waals surface area (Å²) >= 11 is 12.1. The van der Waals surface area contributed by atoms with Crippen LogP contribution in [-0.2, 0) is 6.54 Å². The lowest BCUT2D eigenvalue weighted by atomic mass is 10.2. The Morgan fingerprint density at radius 1 is 1.21 bits per heavy atom. The van der Waals surface area contributed by atoms with E-state index in [2.05, 4.69) is 9.97 Å². The molecule has 0 amide bonds. The van der Waals surface area contributed by atoms with Gasteiger partial charge >= 0.3 is 0 Å². The SMILES string of the molecule is Cc1ncnc2c1ccn2C1CC(Oc2cc(Cl)c(Cl)cc2CN)[C@@H](O)[C@H]1O. The van der Waals surface area contributed by atoms with Gasteiger partial charge in [-0.25, -0.2) is 9.97 Å². The van der Waals surface area contributed by atoms with Crippen LogP contribution in [0, 0.1) is 6.92 Å². The maximum absolute atomic E-state index is 10.7. The lowest BCUT2D eigenvalue weighted by Crippen LogP contribution is -2.34. The molecule has 1 saturated carbocycles. The number of hydrogen-bond donors (Lipinski definition) is 3. The summed E-state index contributed by atoms with van der Waals surface area (Å²) in [7, 11) is 0. The number of aliphatic hydroxyl groups excluding tert-OH is 2. The van der Waals surface area contributed by atoms with Crippen molar-refractivity contribution in [1.29, 1.82) is 0 Å². The summed E-state index contributed by atoms with van der Waals surface area (Å²) in [6, 6.07) is 4.74. The molecule has 3 aromatic rings. The van der Waals surface area contributed by atoms with Gasteiger partial charge in [-0.2, -0.15) is 0 Å². The van der Waals surface area contributed by atoms with Crippen LogP contribution in [-0.4, -0.2) is 43.1 Å². The third-order valence-electron chi connectivity index (χ3n) is 5.27. The quantitative estimate of drug-likeness (QED) is 0.596. The van der Waals surface area contributed by atoms with Crippen LogP contribution in [0.25, 0.3) is 11.0 Å². The highest BCUT2D eigenvalue weighted by Crippen LogP contribution is 2.38. The van der Waals surface area contributed by atoms with Gasteiger partial charge in [-0.3, -0.25) is 0 Å².